The second kappa shape index (κ2) is 4.99. The lowest BCUT2D eigenvalue weighted by Crippen LogP contribution is -2.04. The van der Waals surface area contributed by atoms with Crippen molar-refractivity contribution in [1.29, 1.82) is 0 Å². The van der Waals surface area contributed by atoms with Crippen molar-refractivity contribution in [3.63, 3.8) is 0 Å². The quantitative estimate of drug-likeness (QED) is 0.877. The first-order valence-corrected chi connectivity index (χ1v) is 6.05. The molecule has 0 spiro atoms. The third kappa shape index (κ3) is 2.16. The second-order valence-corrected chi connectivity index (χ2v) is 4.01. The Hall–Kier alpha value is -1.84. The van der Waals surface area contributed by atoms with Crippen molar-refractivity contribution in [2.75, 3.05) is 5.73 Å². The Bertz CT molecular complexity index is 488. The minimum atomic E-state index is 0.717. The number of nitrogens with zero attached hydrogens (tertiary/aromatic N) is 3. The standard InChI is InChI=1S/C13H18N4/c1-3-7-11-10(4-2)13(14)17(16-11)12-8-5-6-9-15-12/h5-6,8-9H,3-4,7,14H2,1-2H3. The number of aryl methyl sites for hydroxylation is 1. The minimum Gasteiger partial charge on any atom is -0.383 e. The van der Waals surface area contributed by atoms with Crippen LogP contribution in [-0.2, 0) is 12.8 Å². The summed E-state index contributed by atoms with van der Waals surface area (Å²) in [6.45, 7) is 4.25. The molecule has 4 heteroatoms. The van der Waals surface area contributed by atoms with Gasteiger partial charge in [-0.1, -0.05) is 26.3 Å². The molecule has 0 atom stereocenters. The Morgan fingerprint density at radius 3 is 2.71 bits per heavy atom. The predicted octanol–water partition coefficient (Wildman–Crippen LogP) is 2.36. The van der Waals surface area contributed by atoms with Crippen molar-refractivity contribution in [2.24, 2.45) is 0 Å². The molecule has 2 aromatic rings. The molecule has 2 heterocycles. The van der Waals surface area contributed by atoms with Gasteiger partial charge >= 0.3 is 0 Å². The van der Waals surface area contributed by atoms with E-state index in [0.717, 1.165) is 42.2 Å². The third-order valence-corrected chi connectivity index (χ3v) is 2.81. The van der Waals surface area contributed by atoms with Crippen LogP contribution in [0.25, 0.3) is 5.82 Å². The van der Waals surface area contributed by atoms with E-state index < -0.39 is 0 Å². The molecule has 0 aromatic carbocycles. The molecule has 0 bridgehead atoms. The largest absolute Gasteiger partial charge is 0.383 e. The van der Waals surface area contributed by atoms with Crippen LogP contribution in [0.5, 0.6) is 0 Å². The molecule has 90 valence electrons. The van der Waals surface area contributed by atoms with Crippen molar-refractivity contribution in [2.45, 2.75) is 33.1 Å². The Morgan fingerprint density at radius 2 is 2.12 bits per heavy atom. The normalized spacial score (nSPS) is 10.7. The average molecular weight is 230 g/mol. The maximum atomic E-state index is 6.14. The summed E-state index contributed by atoms with van der Waals surface area (Å²) < 4.78 is 1.74. The van der Waals surface area contributed by atoms with Gasteiger partial charge in [0.2, 0.25) is 0 Å². The van der Waals surface area contributed by atoms with E-state index in [2.05, 4.69) is 23.9 Å². The van der Waals surface area contributed by atoms with Gasteiger partial charge in [0.1, 0.15) is 5.82 Å². The van der Waals surface area contributed by atoms with E-state index in [-0.39, 0.29) is 0 Å². The molecule has 2 aromatic heterocycles. The zero-order chi connectivity index (χ0) is 12.3. The maximum absolute atomic E-state index is 6.14. The molecule has 4 nitrogen and oxygen atoms in total. The molecule has 17 heavy (non-hydrogen) atoms. The lowest BCUT2D eigenvalue weighted by Gasteiger charge is -2.02. The number of anilines is 1. The highest BCUT2D eigenvalue weighted by Crippen LogP contribution is 2.21. The number of rotatable bonds is 4. The van der Waals surface area contributed by atoms with Crippen molar-refractivity contribution in [1.82, 2.24) is 14.8 Å². The van der Waals surface area contributed by atoms with E-state index >= 15 is 0 Å². The predicted molar refractivity (Wildman–Crippen MR) is 69.1 cm³/mol. The molecule has 0 aliphatic rings. The Morgan fingerprint density at radius 1 is 1.29 bits per heavy atom. The molecule has 0 radical (unpaired) electrons. The van der Waals surface area contributed by atoms with Gasteiger partial charge in [-0.15, -0.1) is 0 Å². The zero-order valence-electron chi connectivity index (χ0n) is 10.3. The van der Waals surface area contributed by atoms with E-state index in [1.165, 1.54) is 0 Å². The number of hydrogen-bond donors (Lipinski definition) is 1. The van der Waals surface area contributed by atoms with E-state index in [9.17, 15) is 0 Å². The first-order valence-electron chi connectivity index (χ1n) is 6.05. The highest BCUT2D eigenvalue weighted by Gasteiger charge is 2.14. The molecular weight excluding hydrogens is 212 g/mol. The van der Waals surface area contributed by atoms with Crippen molar-refractivity contribution in [3.8, 4) is 5.82 Å². The Labute approximate surface area is 101 Å². The highest BCUT2D eigenvalue weighted by atomic mass is 15.3. The van der Waals surface area contributed by atoms with Crippen molar-refractivity contribution < 1.29 is 0 Å². The Kier molecular flexibility index (Phi) is 3.42. The molecule has 0 fully saturated rings. The van der Waals surface area contributed by atoms with Gasteiger partial charge in [0, 0.05) is 11.8 Å². The Balaban J connectivity index is 2.49. The number of aromatic nitrogens is 3. The first kappa shape index (κ1) is 11.6. The topological polar surface area (TPSA) is 56.7 Å². The van der Waals surface area contributed by atoms with Crippen LogP contribution in [0.1, 0.15) is 31.5 Å². The van der Waals surface area contributed by atoms with E-state index in [1.54, 1.807) is 10.9 Å². The lowest BCUT2D eigenvalue weighted by molar-refractivity contribution is 0.793. The van der Waals surface area contributed by atoms with Crippen LogP contribution in [0.3, 0.4) is 0 Å². The molecule has 0 saturated carbocycles. The van der Waals surface area contributed by atoms with Crippen LogP contribution < -0.4 is 5.73 Å². The fourth-order valence-electron chi connectivity index (χ4n) is 1.99. The van der Waals surface area contributed by atoms with Gasteiger partial charge in [0.25, 0.3) is 0 Å². The van der Waals surface area contributed by atoms with E-state index in [4.69, 9.17) is 5.73 Å². The third-order valence-electron chi connectivity index (χ3n) is 2.81. The summed E-state index contributed by atoms with van der Waals surface area (Å²) in [5, 5.41) is 4.57. The molecule has 0 aliphatic carbocycles. The summed E-state index contributed by atoms with van der Waals surface area (Å²) in [6, 6.07) is 5.74. The molecule has 0 amide bonds. The fourth-order valence-corrected chi connectivity index (χ4v) is 1.99. The summed E-state index contributed by atoms with van der Waals surface area (Å²) in [5.74, 6) is 1.50. The van der Waals surface area contributed by atoms with Crippen LogP contribution in [0.4, 0.5) is 5.82 Å². The summed E-state index contributed by atoms with van der Waals surface area (Å²) in [4.78, 5) is 4.28. The molecule has 2 rings (SSSR count). The number of nitrogens with two attached hydrogens (primary N) is 1. The molecular formula is C13H18N4. The molecule has 0 aliphatic heterocycles. The fraction of sp³-hybridized carbons (Fsp3) is 0.385. The summed E-state index contributed by atoms with van der Waals surface area (Å²) >= 11 is 0. The monoisotopic (exact) mass is 230 g/mol. The van der Waals surface area contributed by atoms with Crippen LogP contribution in [-0.4, -0.2) is 14.8 Å². The van der Waals surface area contributed by atoms with Crippen LogP contribution in [0, 0.1) is 0 Å². The van der Waals surface area contributed by atoms with E-state index in [0.29, 0.717) is 0 Å². The summed E-state index contributed by atoms with van der Waals surface area (Å²) in [6.07, 6.45) is 4.70. The van der Waals surface area contributed by atoms with Gasteiger partial charge in [-0.25, -0.2) is 4.98 Å². The van der Waals surface area contributed by atoms with Gasteiger partial charge in [-0.3, -0.25) is 0 Å². The van der Waals surface area contributed by atoms with Crippen LogP contribution >= 0.6 is 0 Å². The lowest BCUT2D eigenvalue weighted by atomic mass is 10.1. The number of nitrogen functional groups attached to an aromatic ring is 1. The van der Waals surface area contributed by atoms with Crippen molar-refractivity contribution in [3.05, 3.63) is 35.7 Å². The smallest absolute Gasteiger partial charge is 0.155 e. The summed E-state index contributed by atoms with van der Waals surface area (Å²) in [5.41, 5.74) is 8.38. The van der Waals surface area contributed by atoms with Crippen molar-refractivity contribution >= 4 is 5.82 Å². The van der Waals surface area contributed by atoms with Gasteiger partial charge < -0.3 is 5.73 Å². The van der Waals surface area contributed by atoms with Gasteiger partial charge in [-0.05, 0) is 25.0 Å². The van der Waals surface area contributed by atoms with Crippen LogP contribution in [0.2, 0.25) is 0 Å². The summed E-state index contributed by atoms with van der Waals surface area (Å²) in [7, 11) is 0. The zero-order valence-corrected chi connectivity index (χ0v) is 10.3. The molecule has 0 unspecified atom stereocenters. The van der Waals surface area contributed by atoms with Gasteiger partial charge in [0.15, 0.2) is 5.82 Å². The van der Waals surface area contributed by atoms with E-state index in [1.807, 2.05) is 18.2 Å². The first-order chi connectivity index (χ1) is 8.27. The van der Waals surface area contributed by atoms with Gasteiger partial charge in [-0.2, -0.15) is 9.78 Å². The maximum Gasteiger partial charge on any atom is 0.155 e. The van der Waals surface area contributed by atoms with Crippen LogP contribution in [0.15, 0.2) is 24.4 Å². The molecule has 0 saturated heterocycles. The number of pyridine rings is 1. The minimum absolute atomic E-state index is 0.717. The van der Waals surface area contributed by atoms with Gasteiger partial charge in [0.05, 0.1) is 5.69 Å². The average Bonchev–Trinajstić information content (AvgIpc) is 2.67. The highest BCUT2D eigenvalue weighted by molar-refractivity contribution is 5.48. The number of hydrogen-bond acceptors (Lipinski definition) is 3. The molecule has 2 N–H and O–H groups in total. The second-order valence-electron chi connectivity index (χ2n) is 4.01. The SMILES string of the molecule is CCCc1nn(-c2ccccn2)c(N)c1CC.